The van der Waals surface area contributed by atoms with Crippen LogP contribution in [-0.2, 0) is 9.53 Å². The molecule has 0 aliphatic carbocycles. The Morgan fingerprint density at radius 1 is 1.13 bits per heavy atom. The lowest BCUT2D eigenvalue weighted by Gasteiger charge is -2.23. The predicted molar refractivity (Wildman–Crippen MR) is 83.0 cm³/mol. The number of hydrogen-bond donors (Lipinski definition) is 1. The van der Waals surface area contributed by atoms with Gasteiger partial charge in [-0.15, -0.1) is 0 Å². The van der Waals surface area contributed by atoms with Gasteiger partial charge in [0.2, 0.25) is 5.91 Å². The van der Waals surface area contributed by atoms with Crippen LogP contribution in [0, 0.1) is 0 Å². The summed E-state index contributed by atoms with van der Waals surface area (Å²) in [5.41, 5.74) is 0.897. The van der Waals surface area contributed by atoms with Crippen molar-refractivity contribution in [3.63, 3.8) is 0 Å². The van der Waals surface area contributed by atoms with Gasteiger partial charge in [0.05, 0.1) is 11.1 Å². The minimum atomic E-state index is -0.268. The molecule has 1 aromatic rings. The van der Waals surface area contributed by atoms with Crippen LogP contribution < -0.4 is 5.32 Å². The fourth-order valence-corrected chi connectivity index (χ4v) is 2.98. The van der Waals surface area contributed by atoms with E-state index in [1.807, 2.05) is 0 Å². The van der Waals surface area contributed by atoms with Gasteiger partial charge in [-0.25, -0.2) is 0 Å². The zero-order valence-electron chi connectivity index (χ0n) is 12.9. The van der Waals surface area contributed by atoms with Gasteiger partial charge in [-0.1, -0.05) is 12.1 Å². The summed E-state index contributed by atoms with van der Waals surface area (Å²) in [5, 5.41) is 2.98. The number of nitrogens with one attached hydrogen (secondary N) is 1. The predicted octanol–water partition coefficient (Wildman–Crippen LogP) is 1.36. The van der Waals surface area contributed by atoms with Gasteiger partial charge >= 0.3 is 0 Å². The number of ether oxygens (including phenoxy) is 1. The average molecular weight is 316 g/mol. The molecule has 1 saturated heterocycles. The second kappa shape index (κ2) is 6.91. The number of nitrogens with zero attached hydrogens (tertiary/aromatic N) is 1. The Morgan fingerprint density at radius 2 is 1.74 bits per heavy atom. The fraction of sp³-hybridized carbons (Fsp3) is 0.471. The van der Waals surface area contributed by atoms with Crippen LogP contribution in [0.25, 0.3) is 0 Å². The highest BCUT2D eigenvalue weighted by molar-refractivity contribution is 6.21. The zero-order chi connectivity index (χ0) is 16.2. The molecule has 2 aliphatic rings. The molecule has 1 fully saturated rings. The number of hydrogen-bond acceptors (Lipinski definition) is 4. The van der Waals surface area contributed by atoms with Crippen molar-refractivity contribution < 1.29 is 19.1 Å². The van der Waals surface area contributed by atoms with E-state index in [0.29, 0.717) is 37.2 Å². The summed E-state index contributed by atoms with van der Waals surface area (Å²) in [6.07, 6.45) is 2.46. The van der Waals surface area contributed by atoms with Gasteiger partial charge in [0.1, 0.15) is 0 Å². The topological polar surface area (TPSA) is 75.7 Å². The van der Waals surface area contributed by atoms with E-state index in [0.717, 1.165) is 12.8 Å². The Balaban J connectivity index is 1.47. The summed E-state index contributed by atoms with van der Waals surface area (Å²) >= 11 is 0. The van der Waals surface area contributed by atoms with Gasteiger partial charge in [0.15, 0.2) is 0 Å². The smallest absolute Gasteiger partial charge is 0.261 e. The third-order valence-electron chi connectivity index (χ3n) is 4.25. The highest BCUT2D eigenvalue weighted by Crippen LogP contribution is 2.22. The number of rotatable bonds is 5. The van der Waals surface area contributed by atoms with E-state index < -0.39 is 0 Å². The molecule has 3 rings (SSSR count). The molecule has 0 atom stereocenters. The van der Waals surface area contributed by atoms with E-state index in [1.54, 1.807) is 24.3 Å². The highest BCUT2D eigenvalue weighted by atomic mass is 16.5. The second-order valence-corrected chi connectivity index (χ2v) is 5.87. The quantitative estimate of drug-likeness (QED) is 0.832. The summed E-state index contributed by atoms with van der Waals surface area (Å²) in [4.78, 5) is 37.5. The molecule has 122 valence electrons. The van der Waals surface area contributed by atoms with Crippen molar-refractivity contribution in [2.75, 3.05) is 19.8 Å². The molecule has 0 bridgehead atoms. The molecule has 0 aromatic heterocycles. The van der Waals surface area contributed by atoms with Crippen molar-refractivity contribution in [1.29, 1.82) is 0 Å². The van der Waals surface area contributed by atoms with E-state index >= 15 is 0 Å². The van der Waals surface area contributed by atoms with Crippen LogP contribution >= 0.6 is 0 Å². The molecule has 23 heavy (non-hydrogen) atoms. The van der Waals surface area contributed by atoms with Crippen LogP contribution in [0.15, 0.2) is 24.3 Å². The minimum Gasteiger partial charge on any atom is -0.381 e. The van der Waals surface area contributed by atoms with Crippen LogP contribution in [0.3, 0.4) is 0 Å². The summed E-state index contributed by atoms with van der Waals surface area (Å²) in [7, 11) is 0. The monoisotopic (exact) mass is 316 g/mol. The Labute approximate surface area is 134 Å². The molecular formula is C17H20N2O4. The normalized spacial score (nSPS) is 18.2. The van der Waals surface area contributed by atoms with Crippen molar-refractivity contribution in [2.45, 2.75) is 31.7 Å². The largest absolute Gasteiger partial charge is 0.381 e. The van der Waals surface area contributed by atoms with Crippen LogP contribution in [0.1, 0.15) is 46.4 Å². The Hall–Kier alpha value is -2.21. The fourth-order valence-electron chi connectivity index (χ4n) is 2.98. The van der Waals surface area contributed by atoms with Crippen LogP contribution in [-0.4, -0.2) is 48.4 Å². The zero-order valence-corrected chi connectivity index (χ0v) is 12.9. The standard InChI is InChI=1S/C17H20N2O4/c20-15(18-12-7-10-23-11-8-12)6-3-9-19-16(21)13-4-1-2-5-14(13)17(19)22/h1-2,4-5,12H,3,6-11H2,(H,18,20). The summed E-state index contributed by atoms with van der Waals surface area (Å²) in [6, 6.07) is 6.99. The van der Waals surface area contributed by atoms with E-state index in [1.165, 1.54) is 4.90 Å². The van der Waals surface area contributed by atoms with Gasteiger partial charge < -0.3 is 10.1 Å². The number of imide groups is 1. The van der Waals surface area contributed by atoms with E-state index in [-0.39, 0.29) is 30.3 Å². The van der Waals surface area contributed by atoms with Crippen molar-refractivity contribution in [3.05, 3.63) is 35.4 Å². The molecule has 2 heterocycles. The van der Waals surface area contributed by atoms with E-state index in [9.17, 15) is 14.4 Å². The van der Waals surface area contributed by atoms with Gasteiger partial charge in [-0.2, -0.15) is 0 Å². The first kappa shape index (κ1) is 15.7. The maximum Gasteiger partial charge on any atom is 0.261 e. The van der Waals surface area contributed by atoms with Crippen molar-refractivity contribution in [1.82, 2.24) is 10.2 Å². The number of amides is 3. The summed E-state index contributed by atoms with van der Waals surface area (Å²) < 4.78 is 5.25. The van der Waals surface area contributed by atoms with E-state index in [4.69, 9.17) is 4.74 Å². The lowest BCUT2D eigenvalue weighted by atomic mass is 10.1. The Bertz CT molecular complexity index is 588. The molecule has 3 amide bonds. The maximum atomic E-state index is 12.2. The second-order valence-electron chi connectivity index (χ2n) is 5.87. The number of carbonyl (C=O) groups is 3. The minimum absolute atomic E-state index is 0.0338. The highest BCUT2D eigenvalue weighted by Gasteiger charge is 2.34. The molecule has 0 saturated carbocycles. The first-order valence-electron chi connectivity index (χ1n) is 7.99. The summed E-state index contributed by atoms with van der Waals surface area (Å²) in [5.74, 6) is -0.570. The van der Waals surface area contributed by atoms with Crippen LogP contribution in [0.2, 0.25) is 0 Å². The van der Waals surface area contributed by atoms with Crippen molar-refractivity contribution in [2.24, 2.45) is 0 Å². The molecule has 0 unspecified atom stereocenters. The van der Waals surface area contributed by atoms with Crippen molar-refractivity contribution >= 4 is 17.7 Å². The molecule has 6 nitrogen and oxygen atoms in total. The lowest BCUT2D eigenvalue weighted by molar-refractivity contribution is -0.122. The summed E-state index contributed by atoms with van der Waals surface area (Å²) in [6.45, 7) is 1.63. The third kappa shape index (κ3) is 3.42. The molecule has 0 radical (unpaired) electrons. The number of carbonyl (C=O) groups excluding carboxylic acids is 3. The third-order valence-corrected chi connectivity index (χ3v) is 4.25. The molecule has 6 heteroatoms. The van der Waals surface area contributed by atoms with Gasteiger partial charge in [0.25, 0.3) is 11.8 Å². The lowest BCUT2D eigenvalue weighted by Crippen LogP contribution is -2.39. The molecule has 0 spiro atoms. The maximum absolute atomic E-state index is 12.2. The molecule has 2 aliphatic heterocycles. The Morgan fingerprint density at radius 3 is 2.35 bits per heavy atom. The van der Waals surface area contributed by atoms with E-state index in [2.05, 4.69) is 5.32 Å². The first-order chi connectivity index (χ1) is 11.2. The van der Waals surface area contributed by atoms with Crippen LogP contribution in [0.5, 0.6) is 0 Å². The number of benzene rings is 1. The van der Waals surface area contributed by atoms with Crippen molar-refractivity contribution in [3.8, 4) is 0 Å². The molecule has 1 aromatic carbocycles. The Kier molecular flexibility index (Phi) is 4.71. The first-order valence-corrected chi connectivity index (χ1v) is 7.99. The average Bonchev–Trinajstić information content (AvgIpc) is 2.81. The van der Waals surface area contributed by atoms with Gasteiger partial charge in [-0.05, 0) is 31.4 Å². The SMILES string of the molecule is O=C(CCCN1C(=O)c2ccccc2C1=O)NC1CCOCC1. The van der Waals surface area contributed by atoms with Gasteiger partial charge in [0, 0.05) is 32.2 Å². The van der Waals surface area contributed by atoms with Crippen LogP contribution in [0.4, 0.5) is 0 Å². The van der Waals surface area contributed by atoms with Gasteiger partial charge in [-0.3, -0.25) is 19.3 Å². The molecule has 1 N–H and O–H groups in total. The molecular weight excluding hydrogens is 296 g/mol. The number of fused-ring (bicyclic) bond motifs is 1.